The van der Waals surface area contributed by atoms with Gasteiger partial charge in [-0.1, -0.05) is 60.7 Å². The van der Waals surface area contributed by atoms with Crippen molar-refractivity contribution in [3.63, 3.8) is 0 Å². The van der Waals surface area contributed by atoms with E-state index in [0.717, 1.165) is 55.6 Å². The summed E-state index contributed by atoms with van der Waals surface area (Å²) in [7, 11) is 0. The van der Waals surface area contributed by atoms with Gasteiger partial charge in [0, 0.05) is 56.4 Å². The molecule has 42 heavy (non-hydrogen) atoms. The van der Waals surface area contributed by atoms with E-state index >= 15 is 0 Å². The molecule has 0 bridgehead atoms. The molecule has 6 nitrogen and oxygen atoms in total. The molecule has 0 atom stereocenters. The van der Waals surface area contributed by atoms with Crippen LogP contribution in [0, 0.1) is 0 Å². The van der Waals surface area contributed by atoms with Gasteiger partial charge in [0.2, 0.25) is 0 Å². The van der Waals surface area contributed by atoms with Crippen LogP contribution in [0.25, 0.3) is 55.6 Å². The lowest BCUT2D eigenvalue weighted by Gasteiger charge is -2.27. The number of benzene rings is 6. The Labute approximate surface area is 245 Å². The number of rotatable bonds is 5. The topological polar surface area (TPSA) is 156 Å². The van der Waals surface area contributed by atoms with E-state index in [-0.39, 0.29) is 0 Å². The van der Waals surface area contributed by atoms with E-state index in [1.165, 1.54) is 0 Å². The molecule has 0 unspecified atom stereocenters. The molecule has 0 aromatic heterocycles. The Bertz CT molecular complexity index is 1760. The van der Waals surface area contributed by atoms with E-state index in [0.29, 0.717) is 34.1 Å². The van der Waals surface area contributed by atoms with E-state index < -0.39 is 0 Å². The first-order valence-electron chi connectivity index (χ1n) is 13.6. The highest BCUT2D eigenvalue weighted by molar-refractivity contribution is 6.13. The first-order chi connectivity index (χ1) is 20.3. The van der Waals surface area contributed by atoms with Crippen LogP contribution in [-0.2, 0) is 0 Å². The van der Waals surface area contributed by atoms with E-state index in [1.807, 2.05) is 121 Å². The van der Waals surface area contributed by atoms with E-state index in [2.05, 4.69) is 0 Å². The molecule has 6 rings (SSSR count). The van der Waals surface area contributed by atoms with Crippen molar-refractivity contribution in [1.29, 1.82) is 0 Å². The average Bonchev–Trinajstić information content (AvgIpc) is 2.99. The summed E-state index contributed by atoms with van der Waals surface area (Å²) in [4.78, 5) is 0. The largest absolute Gasteiger partial charge is 0.399 e. The number of nitrogen functional groups attached to an aromatic ring is 6. The molecule has 0 aliphatic rings. The third kappa shape index (κ3) is 4.82. The van der Waals surface area contributed by atoms with E-state index in [4.69, 9.17) is 34.4 Å². The lowest BCUT2D eigenvalue weighted by molar-refractivity contribution is 1.52. The zero-order chi connectivity index (χ0) is 29.4. The number of nitrogens with two attached hydrogens (primary N) is 6. The summed E-state index contributed by atoms with van der Waals surface area (Å²) >= 11 is 0. The van der Waals surface area contributed by atoms with Crippen LogP contribution in [0.15, 0.2) is 121 Å². The SMILES string of the molecule is Nc1ccc(-c2c(N)c(-c3ccc(N)cc3)c(-c3ccc(N)cc3)c(-c3ccc(N)cc3)c2-c2ccc(N)cc2)cc1. The van der Waals surface area contributed by atoms with Crippen molar-refractivity contribution in [2.75, 3.05) is 34.4 Å². The van der Waals surface area contributed by atoms with Gasteiger partial charge < -0.3 is 34.4 Å². The van der Waals surface area contributed by atoms with Crippen LogP contribution in [-0.4, -0.2) is 0 Å². The van der Waals surface area contributed by atoms with Gasteiger partial charge in [-0.15, -0.1) is 0 Å². The average molecular weight is 549 g/mol. The molecule has 206 valence electrons. The van der Waals surface area contributed by atoms with Crippen LogP contribution in [0.2, 0.25) is 0 Å². The summed E-state index contributed by atoms with van der Waals surface area (Å²) in [5.74, 6) is 0. The maximum atomic E-state index is 7.30. The maximum absolute atomic E-state index is 7.30. The van der Waals surface area contributed by atoms with Gasteiger partial charge in [0.25, 0.3) is 0 Å². The molecule has 0 heterocycles. The molecule has 0 amide bonds. The molecule has 0 aliphatic heterocycles. The van der Waals surface area contributed by atoms with Crippen LogP contribution in [0.3, 0.4) is 0 Å². The quantitative estimate of drug-likeness (QED) is 0.122. The fraction of sp³-hybridized carbons (Fsp3) is 0. The van der Waals surface area contributed by atoms with Crippen molar-refractivity contribution in [2.45, 2.75) is 0 Å². The fourth-order valence-electron chi connectivity index (χ4n) is 5.48. The summed E-state index contributed by atoms with van der Waals surface area (Å²) in [6.07, 6.45) is 0. The Morgan fingerprint density at radius 3 is 0.595 bits per heavy atom. The second-order valence-electron chi connectivity index (χ2n) is 10.4. The molecular formula is C36H32N6. The zero-order valence-corrected chi connectivity index (χ0v) is 23.0. The maximum Gasteiger partial charge on any atom is 0.0486 e. The first kappa shape index (κ1) is 26.3. The van der Waals surface area contributed by atoms with Gasteiger partial charge in [-0.3, -0.25) is 0 Å². The van der Waals surface area contributed by atoms with Crippen LogP contribution >= 0.6 is 0 Å². The van der Waals surface area contributed by atoms with Crippen molar-refractivity contribution >= 4 is 34.1 Å². The highest BCUT2D eigenvalue weighted by atomic mass is 14.6. The van der Waals surface area contributed by atoms with Gasteiger partial charge in [-0.05, 0) is 94.0 Å². The summed E-state index contributed by atoms with van der Waals surface area (Å²) in [5, 5.41) is 0. The molecule has 0 saturated carbocycles. The molecule has 6 heteroatoms. The van der Waals surface area contributed by atoms with Crippen LogP contribution < -0.4 is 34.4 Å². The molecule has 0 spiro atoms. The second kappa shape index (κ2) is 10.6. The summed E-state index contributed by atoms with van der Waals surface area (Å²) in [6.45, 7) is 0. The standard InChI is InChI=1S/C36H32N6/c37-26-11-1-21(2-12-26)31-32(22-3-13-27(38)14-4-22)34(24-7-17-29(40)18-8-24)36(42)35(25-9-19-30(41)20-10-25)33(31)23-5-15-28(39)16-6-23/h1-20H,37-42H2. The van der Waals surface area contributed by atoms with Crippen LogP contribution in [0.5, 0.6) is 0 Å². The molecule has 6 aromatic rings. The van der Waals surface area contributed by atoms with Crippen LogP contribution in [0.4, 0.5) is 34.1 Å². The van der Waals surface area contributed by atoms with Crippen LogP contribution in [0.1, 0.15) is 0 Å². The van der Waals surface area contributed by atoms with Crippen molar-refractivity contribution in [3.05, 3.63) is 121 Å². The van der Waals surface area contributed by atoms with E-state index in [9.17, 15) is 0 Å². The first-order valence-corrected chi connectivity index (χ1v) is 13.6. The zero-order valence-electron chi connectivity index (χ0n) is 23.0. The minimum Gasteiger partial charge on any atom is -0.399 e. The normalized spacial score (nSPS) is 11.0. The summed E-state index contributed by atoms with van der Waals surface area (Å²) in [6, 6.07) is 39.2. The minimum atomic E-state index is 0.627. The van der Waals surface area contributed by atoms with Gasteiger partial charge in [0.05, 0.1) is 0 Å². The molecule has 0 fully saturated rings. The Kier molecular flexibility index (Phi) is 6.65. The summed E-state index contributed by atoms with van der Waals surface area (Å²) < 4.78 is 0. The van der Waals surface area contributed by atoms with Gasteiger partial charge in [-0.25, -0.2) is 0 Å². The third-order valence-electron chi connectivity index (χ3n) is 7.54. The molecule has 0 radical (unpaired) electrons. The Morgan fingerprint density at radius 1 is 0.214 bits per heavy atom. The highest BCUT2D eigenvalue weighted by Gasteiger charge is 2.27. The fourth-order valence-corrected chi connectivity index (χ4v) is 5.48. The Morgan fingerprint density at radius 2 is 0.381 bits per heavy atom. The molecule has 12 N–H and O–H groups in total. The second-order valence-corrected chi connectivity index (χ2v) is 10.4. The Hall–Kier alpha value is -5.88. The van der Waals surface area contributed by atoms with Crippen molar-refractivity contribution in [1.82, 2.24) is 0 Å². The molecule has 0 aliphatic carbocycles. The van der Waals surface area contributed by atoms with Crippen molar-refractivity contribution in [3.8, 4) is 55.6 Å². The predicted molar refractivity (Wildman–Crippen MR) is 180 cm³/mol. The van der Waals surface area contributed by atoms with Gasteiger partial charge in [-0.2, -0.15) is 0 Å². The number of anilines is 6. The summed E-state index contributed by atoms with van der Waals surface area (Å²) in [5.41, 5.74) is 51.4. The van der Waals surface area contributed by atoms with Gasteiger partial charge in [0.1, 0.15) is 0 Å². The van der Waals surface area contributed by atoms with Gasteiger partial charge >= 0.3 is 0 Å². The molecule has 0 saturated heterocycles. The minimum absolute atomic E-state index is 0.627. The third-order valence-corrected chi connectivity index (χ3v) is 7.54. The van der Waals surface area contributed by atoms with Crippen molar-refractivity contribution < 1.29 is 0 Å². The Balaban J connectivity index is 1.87. The monoisotopic (exact) mass is 548 g/mol. The highest BCUT2D eigenvalue weighted by Crippen LogP contribution is 2.54. The van der Waals surface area contributed by atoms with Gasteiger partial charge in [0.15, 0.2) is 0 Å². The number of hydrogen-bond acceptors (Lipinski definition) is 6. The molecular weight excluding hydrogens is 516 g/mol. The van der Waals surface area contributed by atoms with Crippen molar-refractivity contribution in [2.24, 2.45) is 0 Å². The lowest BCUT2D eigenvalue weighted by atomic mass is 9.77. The predicted octanol–water partition coefficient (Wildman–Crippen LogP) is 7.51. The smallest absolute Gasteiger partial charge is 0.0486 e. The molecule has 6 aromatic carbocycles. The number of hydrogen-bond donors (Lipinski definition) is 6. The van der Waals surface area contributed by atoms with E-state index in [1.54, 1.807) is 0 Å². The lowest BCUT2D eigenvalue weighted by Crippen LogP contribution is -2.04.